The van der Waals surface area contributed by atoms with Crippen molar-refractivity contribution in [2.24, 2.45) is 5.92 Å². The molecular formula is C13H17F2NO4S. The van der Waals surface area contributed by atoms with Crippen molar-refractivity contribution in [2.45, 2.75) is 31.2 Å². The maximum Gasteiger partial charge on any atom is 0.324 e. The lowest BCUT2D eigenvalue weighted by atomic mass is 10.0. The second-order valence-corrected chi connectivity index (χ2v) is 6.30. The van der Waals surface area contributed by atoms with Gasteiger partial charge in [0.25, 0.3) is 0 Å². The lowest BCUT2D eigenvalue weighted by Crippen LogP contribution is -2.45. The minimum atomic E-state index is -4.17. The summed E-state index contributed by atoms with van der Waals surface area (Å²) in [7, 11) is -3.02. The van der Waals surface area contributed by atoms with Gasteiger partial charge in [-0.2, -0.15) is 4.72 Å². The maximum absolute atomic E-state index is 13.1. The van der Waals surface area contributed by atoms with Crippen LogP contribution in [-0.2, 0) is 19.6 Å². The average Bonchev–Trinajstić information content (AvgIpc) is 2.45. The molecule has 2 atom stereocenters. The van der Waals surface area contributed by atoms with Crippen LogP contribution >= 0.6 is 0 Å². The Morgan fingerprint density at radius 3 is 2.43 bits per heavy atom. The fraction of sp³-hybridized carbons (Fsp3) is 0.462. The van der Waals surface area contributed by atoms with Crippen LogP contribution in [0, 0.1) is 17.6 Å². The van der Waals surface area contributed by atoms with E-state index >= 15 is 0 Å². The summed E-state index contributed by atoms with van der Waals surface area (Å²) in [6.07, 6.45) is 0.528. The molecule has 8 heteroatoms. The molecule has 1 N–H and O–H groups in total. The predicted octanol–water partition coefficient (Wildman–Crippen LogP) is 1.83. The van der Waals surface area contributed by atoms with Crippen molar-refractivity contribution < 1.29 is 26.7 Å². The van der Waals surface area contributed by atoms with Crippen molar-refractivity contribution in [3.63, 3.8) is 0 Å². The molecule has 21 heavy (non-hydrogen) atoms. The lowest BCUT2D eigenvalue weighted by molar-refractivity contribution is -0.143. The second-order valence-electron chi connectivity index (χ2n) is 4.58. The number of carbonyl (C=O) groups is 1. The van der Waals surface area contributed by atoms with Gasteiger partial charge >= 0.3 is 5.97 Å². The van der Waals surface area contributed by atoms with Crippen molar-refractivity contribution in [1.82, 2.24) is 4.72 Å². The quantitative estimate of drug-likeness (QED) is 0.811. The van der Waals surface area contributed by atoms with Crippen LogP contribution in [0.3, 0.4) is 0 Å². The molecule has 0 bridgehead atoms. The van der Waals surface area contributed by atoms with E-state index in [0.29, 0.717) is 18.6 Å². The highest BCUT2D eigenvalue weighted by Crippen LogP contribution is 2.17. The van der Waals surface area contributed by atoms with Crippen molar-refractivity contribution in [1.29, 1.82) is 0 Å². The lowest BCUT2D eigenvalue weighted by Gasteiger charge is -2.21. The van der Waals surface area contributed by atoms with Crippen molar-refractivity contribution in [3.05, 3.63) is 29.8 Å². The highest BCUT2D eigenvalue weighted by molar-refractivity contribution is 7.89. The Balaban J connectivity index is 3.11. The van der Waals surface area contributed by atoms with E-state index in [9.17, 15) is 22.0 Å². The molecule has 0 fully saturated rings. The third-order valence-corrected chi connectivity index (χ3v) is 4.59. The number of hydrogen-bond acceptors (Lipinski definition) is 4. The van der Waals surface area contributed by atoms with E-state index < -0.39 is 38.6 Å². The van der Waals surface area contributed by atoms with Gasteiger partial charge in [0.2, 0.25) is 10.0 Å². The minimum absolute atomic E-state index is 0.322. The molecule has 0 aliphatic carbocycles. The van der Waals surface area contributed by atoms with E-state index in [1.807, 2.05) is 0 Å². The molecule has 1 aromatic carbocycles. The van der Waals surface area contributed by atoms with E-state index in [-0.39, 0.29) is 5.92 Å². The summed E-state index contributed by atoms with van der Waals surface area (Å²) in [5.41, 5.74) is 0. The molecule has 118 valence electrons. The van der Waals surface area contributed by atoms with Gasteiger partial charge in [0.05, 0.1) is 12.0 Å². The predicted molar refractivity (Wildman–Crippen MR) is 71.9 cm³/mol. The molecule has 0 radical (unpaired) electrons. The highest BCUT2D eigenvalue weighted by Gasteiger charge is 2.30. The van der Waals surface area contributed by atoms with Gasteiger partial charge in [-0.1, -0.05) is 20.3 Å². The summed E-state index contributed by atoms with van der Waals surface area (Å²) in [6, 6.07) is 1.09. The Hall–Kier alpha value is -1.54. The van der Waals surface area contributed by atoms with E-state index in [2.05, 4.69) is 9.46 Å². The number of ether oxygens (including phenoxy) is 1. The van der Waals surface area contributed by atoms with Crippen LogP contribution in [0.25, 0.3) is 0 Å². The fourth-order valence-corrected chi connectivity index (χ4v) is 2.94. The number of benzene rings is 1. The smallest absolute Gasteiger partial charge is 0.324 e. The largest absolute Gasteiger partial charge is 0.468 e. The van der Waals surface area contributed by atoms with Crippen molar-refractivity contribution in [2.75, 3.05) is 7.11 Å². The molecule has 1 rings (SSSR count). The SMILES string of the molecule is CC[C@@H](C)[C@@H](NS(=O)(=O)c1ccc(F)c(F)c1)C(=O)OC. The first-order chi connectivity index (χ1) is 9.72. The number of methoxy groups -OCH3 is 1. The molecular weight excluding hydrogens is 304 g/mol. The van der Waals surface area contributed by atoms with Gasteiger partial charge in [0.15, 0.2) is 11.6 Å². The molecule has 0 spiro atoms. The van der Waals surface area contributed by atoms with Gasteiger partial charge in [-0.05, 0) is 24.1 Å². The van der Waals surface area contributed by atoms with Crippen LogP contribution < -0.4 is 4.72 Å². The number of sulfonamides is 1. The number of esters is 1. The topological polar surface area (TPSA) is 72.5 Å². The van der Waals surface area contributed by atoms with E-state index in [1.165, 1.54) is 0 Å². The van der Waals surface area contributed by atoms with Gasteiger partial charge in [-0.3, -0.25) is 4.79 Å². The maximum atomic E-state index is 13.1. The molecule has 0 saturated heterocycles. The van der Waals surface area contributed by atoms with Gasteiger partial charge in [-0.25, -0.2) is 17.2 Å². The van der Waals surface area contributed by atoms with Crippen LogP contribution in [-0.4, -0.2) is 27.5 Å². The molecule has 0 unspecified atom stereocenters. The number of halogens is 2. The Kier molecular flexibility index (Phi) is 5.79. The Morgan fingerprint density at radius 2 is 1.95 bits per heavy atom. The van der Waals surface area contributed by atoms with Crippen molar-refractivity contribution >= 4 is 16.0 Å². The van der Waals surface area contributed by atoms with E-state index in [0.717, 1.165) is 13.2 Å². The minimum Gasteiger partial charge on any atom is -0.468 e. The average molecular weight is 321 g/mol. The van der Waals surface area contributed by atoms with Gasteiger partial charge in [0, 0.05) is 0 Å². The zero-order valence-electron chi connectivity index (χ0n) is 11.9. The third kappa shape index (κ3) is 4.21. The van der Waals surface area contributed by atoms with Crippen LogP contribution in [0.2, 0.25) is 0 Å². The summed E-state index contributed by atoms with van der Waals surface area (Å²) in [6.45, 7) is 3.46. The van der Waals surface area contributed by atoms with Crippen LogP contribution in [0.15, 0.2) is 23.1 Å². The summed E-state index contributed by atoms with van der Waals surface area (Å²) < 4.78 is 57.0. The summed E-state index contributed by atoms with van der Waals surface area (Å²) in [5, 5.41) is 0. The number of rotatable bonds is 6. The first-order valence-corrected chi connectivity index (χ1v) is 7.76. The molecule has 0 amide bonds. The van der Waals surface area contributed by atoms with Crippen LogP contribution in [0.5, 0.6) is 0 Å². The fourth-order valence-electron chi connectivity index (χ4n) is 1.64. The first-order valence-electron chi connectivity index (χ1n) is 6.28. The zero-order valence-corrected chi connectivity index (χ0v) is 12.7. The Labute approximate surface area is 122 Å². The van der Waals surface area contributed by atoms with E-state index in [4.69, 9.17) is 0 Å². The molecule has 0 heterocycles. The molecule has 1 aromatic rings. The number of hydrogen-bond donors (Lipinski definition) is 1. The third-order valence-electron chi connectivity index (χ3n) is 3.15. The molecule has 0 aliphatic heterocycles. The highest BCUT2D eigenvalue weighted by atomic mass is 32.2. The number of carbonyl (C=O) groups excluding carboxylic acids is 1. The Morgan fingerprint density at radius 1 is 1.33 bits per heavy atom. The second kappa shape index (κ2) is 6.95. The molecule has 0 aromatic heterocycles. The van der Waals surface area contributed by atoms with Gasteiger partial charge in [0.1, 0.15) is 6.04 Å². The summed E-state index contributed by atoms with van der Waals surface area (Å²) >= 11 is 0. The van der Waals surface area contributed by atoms with E-state index in [1.54, 1.807) is 13.8 Å². The number of nitrogens with one attached hydrogen (secondary N) is 1. The monoisotopic (exact) mass is 321 g/mol. The van der Waals surface area contributed by atoms with Crippen LogP contribution in [0.1, 0.15) is 20.3 Å². The van der Waals surface area contributed by atoms with Crippen LogP contribution in [0.4, 0.5) is 8.78 Å². The first kappa shape index (κ1) is 17.5. The van der Waals surface area contributed by atoms with Crippen molar-refractivity contribution in [3.8, 4) is 0 Å². The normalized spacial score (nSPS) is 14.5. The zero-order chi connectivity index (χ0) is 16.2. The molecule has 0 saturated carbocycles. The summed E-state index contributed by atoms with van der Waals surface area (Å²) in [5.74, 6) is -3.50. The Bertz CT molecular complexity index is 619. The standard InChI is InChI=1S/C13H17F2NO4S/c1-4-8(2)12(13(17)20-3)16-21(18,19)9-5-6-10(14)11(15)7-9/h5-8,12,16H,4H2,1-3H3/t8-,12-/m1/s1. The van der Waals surface area contributed by atoms with Gasteiger partial charge in [-0.15, -0.1) is 0 Å². The van der Waals surface area contributed by atoms with Gasteiger partial charge < -0.3 is 4.74 Å². The molecule has 5 nitrogen and oxygen atoms in total. The molecule has 0 aliphatic rings. The summed E-state index contributed by atoms with van der Waals surface area (Å²) in [4.78, 5) is 11.2.